The molecule has 0 unspecified atom stereocenters. The zero-order valence-corrected chi connectivity index (χ0v) is 20.6. The summed E-state index contributed by atoms with van der Waals surface area (Å²) in [6, 6.07) is 2.14. The molecular weight excluding hydrogens is 463 g/mol. The summed E-state index contributed by atoms with van der Waals surface area (Å²) in [7, 11) is 1.42. The number of carbonyl (C=O) groups excluding carboxylic acids is 2. The van der Waals surface area contributed by atoms with Crippen molar-refractivity contribution >= 4 is 22.8 Å². The number of aliphatic hydroxyl groups excluding tert-OH is 1. The number of carbonyl (C=O) groups is 2. The van der Waals surface area contributed by atoms with E-state index in [0.717, 1.165) is 48.3 Å². The fourth-order valence-corrected chi connectivity index (χ4v) is 6.18. The van der Waals surface area contributed by atoms with Crippen LogP contribution in [-0.2, 0) is 11.2 Å². The lowest BCUT2D eigenvalue weighted by molar-refractivity contribution is -0.133. The number of rotatable bonds is 6. The first-order valence-corrected chi connectivity index (χ1v) is 12.7. The highest BCUT2D eigenvalue weighted by atomic mass is 19.1. The maximum Gasteiger partial charge on any atom is 0.328 e. The molecule has 2 fully saturated rings. The molecule has 3 amide bonds. The molecule has 2 saturated heterocycles. The van der Waals surface area contributed by atoms with Gasteiger partial charge in [-0.3, -0.25) is 14.6 Å². The van der Waals surface area contributed by atoms with Crippen molar-refractivity contribution in [2.24, 2.45) is 0 Å². The van der Waals surface area contributed by atoms with Crippen LogP contribution in [0.2, 0.25) is 0 Å². The highest BCUT2D eigenvalue weighted by molar-refractivity contribution is 6.08. The number of nitrogens with zero attached hydrogens (tertiary/aromatic N) is 3. The van der Waals surface area contributed by atoms with Crippen molar-refractivity contribution in [3.05, 3.63) is 52.7 Å². The number of aromatic amines is 1. The lowest BCUT2D eigenvalue weighted by Crippen LogP contribution is -2.53. The molecule has 2 atom stereocenters. The minimum absolute atomic E-state index is 0.129. The van der Waals surface area contributed by atoms with Crippen LogP contribution in [0.4, 0.5) is 9.18 Å². The Kier molecular flexibility index (Phi) is 5.37. The van der Waals surface area contributed by atoms with Gasteiger partial charge in [0.05, 0.1) is 12.9 Å². The summed E-state index contributed by atoms with van der Waals surface area (Å²) in [6.45, 7) is 5.22. The molecule has 0 spiro atoms. The number of halogens is 1. The molecule has 9 heteroatoms. The second-order valence-corrected chi connectivity index (χ2v) is 10.4. The second-order valence-electron chi connectivity index (χ2n) is 10.4. The number of urea groups is 1. The molecule has 3 aliphatic heterocycles. The first kappa shape index (κ1) is 23.1. The first-order valence-electron chi connectivity index (χ1n) is 12.7. The van der Waals surface area contributed by atoms with Gasteiger partial charge in [0.2, 0.25) is 0 Å². The third-order valence-corrected chi connectivity index (χ3v) is 8.17. The Labute approximate surface area is 209 Å². The smallest absolute Gasteiger partial charge is 0.328 e. The molecule has 4 heterocycles. The zero-order chi connectivity index (χ0) is 25.2. The van der Waals surface area contributed by atoms with Crippen LogP contribution in [0.15, 0.2) is 35.6 Å². The maximum absolute atomic E-state index is 14.5. The van der Waals surface area contributed by atoms with E-state index >= 15 is 0 Å². The summed E-state index contributed by atoms with van der Waals surface area (Å²) in [5.74, 6) is -0.319. The van der Waals surface area contributed by atoms with Crippen LogP contribution in [0.3, 0.4) is 0 Å². The Morgan fingerprint density at radius 3 is 2.75 bits per heavy atom. The van der Waals surface area contributed by atoms with Crippen molar-refractivity contribution in [3.63, 3.8) is 0 Å². The molecule has 1 aliphatic carbocycles. The third-order valence-electron chi connectivity index (χ3n) is 8.17. The van der Waals surface area contributed by atoms with E-state index < -0.39 is 17.4 Å². The van der Waals surface area contributed by atoms with Gasteiger partial charge >= 0.3 is 6.03 Å². The van der Waals surface area contributed by atoms with Gasteiger partial charge in [-0.2, -0.15) is 0 Å². The van der Waals surface area contributed by atoms with E-state index in [1.807, 2.05) is 13.0 Å². The van der Waals surface area contributed by atoms with Crippen molar-refractivity contribution in [1.29, 1.82) is 0 Å². The first-order chi connectivity index (χ1) is 17.3. The molecular formula is C27H31FN4O4. The summed E-state index contributed by atoms with van der Waals surface area (Å²) in [4.78, 5) is 36.4. The Hall–Kier alpha value is -3.33. The molecule has 2 N–H and O–H groups in total. The number of ether oxygens (including phenoxy) is 1. The number of hydrogen-bond donors (Lipinski definition) is 2. The Bertz CT molecular complexity index is 1330. The van der Waals surface area contributed by atoms with Crippen molar-refractivity contribution in [2.75, 3.05) is 33.3 Å². The van der Waals surface area contributed by atoms with Gasteiger partial charge in [0.1, 0.15) is 11.6 Å². The summed E-state index contributed by atoms with van der Waals surface area (Å²) < 4.78 is 19.8. The van der Waals surface area contributed by atoms with E-state index in [4.69, 9.17) is 4.74 Å². The van der Waals surface area contributed by atoms with Crippen LogP contribution >= 0.6 is 0 Å². The number of allylic oxidation sites excluding steroid dienone is 2. The molecule has 1 aromatic carbocycles. The topological polar surface area (TPSA) is 89.1 Å². The number of H-pyrrole nitrogens is 1. The molecule has 1 aromatic heterocycles. The average molecular weight is 495 g/mol. The number of aromatic nitrogens is 1. The van der Waals surface area contributed by atoms with Crippen LogP contribution < -0.4 is 4.74 Å². The summed E-state index contributed by atoms with van der Waals surface area (Å²) in [6.07, 6.45) is 7.12. The number of amides is 3. The van der Waals surface area contributed by atoms with Gasteiger partial charge in [0, 0.05) is 42.0 Å². The average Bonchev–Trinajstić information content (AvgIpc) is 3.25. The second kappa shape index (κ2) is 8.37. The molecule has 2 aromatic rings. The molecule has 8 nitrogen and oxygen atoms in total. The summed E-state index contributed by atoms with van der Waals surface area (Å²) in [5, 5.41) is 11.1. The standard InChI is InChI=1S/C27H31FN4O4/c1-27-15-19-18-13-22(36-2)20(28)14-21(18)29-23(19)24(16-6-3-7-17(33)12-16)32(27)26(35)31(25(27)34)11-5-10-30-8-4-9-30/h6,12-14,24,29,33H,3-5,7-11,15H2,1-2H3/t24-,27+/m1/s1. The number of hydrogen-bond acceptors (Lipinski definition) is 5. The number of benzene rings is 1. The number of fused-ring (bicyclic) bond motifs is 4. The van der Waals surface area contributed by atoms with Gasteiger partial charge < -0.3 is 19.7 Å². The van der Waals surface area contributed by atoms with Crippen molar-refractivity contribution in [3.8, 4) is 5.75 Å². The van der Waals surface area contributed by atoms with Crippen molar-refractivity contribution in [1.82, 2.24) is 19.7 Å². The van der Waals surface area contributed by atoms with Gasteiger partial charge in [-0.25, -0.2) is 9.18 Å². The van der Waals surface area contributed by atoms with Crippen molar-refractivity contribution < 1.29 is 23.8 Å². The monoisotopic (exact) mass is 494 g/mol. The van der Waals surface area contributed by atoms with Crippen LogP contribution in [0.1, 0.15) is 49.9 Å². The van der Waals surface area contributed by atoms with Gasteiger partial charge in [-0.1, -0.05) is 6.08 Å². The van der Waals surface area contributed by atoms with Gasteiger partial charge in [-0.15, -0.1) is 0 Å². The van der Waals surface area contributed by atoms with E-state index in [9.17, 15) is 19.1 Å². The molecule has 4 aliphatic rings. The lowest BCUT2D eigenvalue weighted by atomic mass is 9.80. The fraction of sp³-hybridized carbons (Fsp3) is 0.481. The number of imide groups is 1. The quantitative estimate of drug-likeness (QED) is 0.588. The molecule has 0 saturated carbocycles. The normalized spacial score (nSPS) is 26.0. The minimum Gasteiger partial charge on any atom is -0.512 e. The number of aliphatic hydroxyl groups is 1. The van der Waals surface area contributed by atoms with Gasteiger partial charge in [0.15, 0.2) is 11.6 Å². The van der Waals surface area contributed by atoms with Crippen LogP contribution in [0.25, 0.3) is 10.9 Å². The molecule has 6 rings (SSSR count). The highest BCUT2D eigenvalue weighted by Gasteiger charge is 2.60. The predicted octanol–water partition coefficient (Wildman–Crippen LogP) is 4.19. The Balaban J connectivity index is 1.45. The fourth-order valence-electron chi connectivity index (χ4n) is 6.18. The number of nitrogens with one attached hydrogen (secondary N) is 1. The summed E-state index contributed by atoms with van der Waals surface area (Å²) >= 11 is 0. The maximum atomic E-state index is 14.5. The van der Waals surface area contributed by atoms with Crippen LogP contribution in [-0.4, -0.2) is 75.6 Å². The molecule has 0 radical (unpaired) electrons. The predicted molar refractivity (Wildman–Crippen MR) is 132 cm³/mol. The molecule has 0 bridgehead atoms. The third kappa shape index (κ3) is 3.36. The number of likely N-dealkylation sites (tertiary alicyclic amines) is 1. The molecule has 190 valence electrons. The van der Waals surface area contributed by atoms with Crippen LogP contribution in [0, 0.1) is 5.82 Å². The molecule has 36 heavy (non-hydrogen) atoms. The van der Waals surface area contributed by atoms with E-state index in [0.29, 0.717) is 31.3 Å². The summed E-state index contributed by atoms with van der Waals surface area (Å²) in [5.41, 5.74) is 1.87. The van der Waals surface area contributed by atoms with E-state index in [1.54, 1.807) is 17.0 Å². The Morgan fingerprint density at radius 1 is 1.25 bits per heavy atom. The lowest BCUT2D eigenvalue weighted by Gasteiger charge is -2.43. The van der Waals surface area contributed by atoms with E-state index in [-0.39, 0.29) is 23.4 Å². The van der Waals surface area contributed by atoms with Crippen molar-refractivity contribution in [2.45, 2.75) is 50.6 Å². The van der Waals surface area contributed by atoms with Gasteiger partial charge in [-0.05, 0) is 69.1 Å². The van der Waals surface area contributed by atoms with E-state index in [1.165, 1.54) is 24.5 Å². The van der Waals surface area contributed by atoms with E-state index in [2.05, 4.69) is 9.88 Å². The highest BCUT2D eigenvalue weighted by Crippen LogP contribution is 2.50. The van der Waals surface area contributed by atoms with Gasteiger partial charge in [0.25, 0.3) is 5.91 Å². The number of methoxy groups -OCH3 is 1. The largest absolute Gasteiger partial charge is 0.512 e. The Morgan fingerprint density at radius 2 is 2.06 bits per heavy atom. The zero-order valence-electron chi connectivity index (χ0n) is 20.6. The minimum atomic E-state index is -1.09. The SMILES string of the molecule is COc1cc2c3c([nH]c2cc1F)[C@@H](C1=CCCC(O)=C1)N1C(=O)N(CCCN2CCC2)C(=O)[C@]1(C)C3. The van der Waals surface area contributed by atoms with Crippen LogP contribution in [0.5, 0.6) is 5.75 Å².